The van der Waals surface area contributed by atoms with Crippen molar-refractivity contribution in [3.63, 3.8) is 0 Å². The zero-order valence-electron chi connectivity index (χ0n) is 35.8. The molecule has 77 heavy (non-hydrogen) atoms. The van der Waals surface area contributed by atoms with E-state index in [0.29, 0.717) is 0 Å². The van der Waals surface area contributed by atoms with Crippen molar-refractivity contribution >= 4 is 66.2 Å². The number of nitrogens with zero attached hydrogens (tertiary/aromatic N) is 19. The number of hydrogen-bond donors (Lipinski definition) is 0. The van der Waals surface area contributed by atoms with Crippen LogP contribution in [0.3, 0.4) is 0 Å². The molecule has 0 spiro atoms. The average Bonchev–Trinajstić information content (AvgIpc) is 3.46. The van der Waals surface area contributed by atoms with Crippen LogP contribution < -0.4 is 20.9 Å². The molecule has 0 N–H and O–H groups in total. The first-order valence-corrected chi connectivity index (χ1v) is 18.7. The van der Waals surface area contributed by atoms with Crippen LogP contribution >= 0.6 is 0 Å². The van der Waals surface area contributed by atoms with Crippen LogP contribution in [0.15, 0.2) is 0 Å². The molecular weight excluding hydrogens is 1030 g/mol. The van der Waals surface area contributed by atoms with Crippen LogP contribution in [-0.4, -0.2) is 29.9 Å². The van der Waals surface area contributed by atoms with Crippen molar-refractivity contribution in [2.24, 2.45) is 0 Å². The number of benzene rings is 4. The van der Waals surface area contributed by atoms with E-state index >= 15 is 0 Å². The van der Waals surface area contributed by atoms with Crippen molar-refractivity contribution in [3.8, 4) is 78.9 Å². The van der Waals surface area contributed by atoms with Gasteiger partial charge in [0.2, 0.25) is 0 Å². The monoisotopic (exact) mass is 1050 g/mol. The Hall–Kier alpha value is -12.7. The van der Waals surface area contributed by atoms with Crippen LogP contribution in [-0.2, 0) is 0 Å². The van der Waals surface area contributed by atoms with Gasteiger partial charge in [-0.3, -0.25) is 0 Å². The number of hydrogen-bond acceptors (Lipinski definition) is 19. The summed E-state index contributed by atoms with van der Waals surface area (Å²) in [6.07, 6.45) is 0. The molecule has 0 aliphatic carbocycles. The highest BCUT2D eigenvalue weighted by Gasteiger charge is 2.29. The van der Waals surface area contributed by atoms with E-state index in [2.05, 4.69) is 29.9 Å². The Morgan fingerprint density at radius 1 is 0.299 bits per heavy atom. The lowest BCUT2D eigenvalue weighted by atomic mass is 10.0. The van der Waals surface area contributed by atoms with E-state index in [1.54, 1.807) is 36.4 Å². The lowest BCUT2D eigenvalue weighted by molar-refractivity contribution is 0.434. The maximum atomic E-state index is 14.4. The second-order valence-corrected chi connectivity index (χ2v) is 13.4. The molecule has 0 saturated carbocycles. The zero-order chi connectivity index (χ0) is 55.9. The fourth-order valence-electron chi connectivity index (χ4n) is 6.36. The van der Waals surface area contributed by atoms with E-state index in [-0.39, 0.29) is 85.0 Å². The van der Waals surface area contributed by atoms with E-state index in [4.69, 9.17) is 36.8 Å². The summed E-state index contributed by atoms with van der Waals surface area (Å²) in [5.74, 6) is -20.3. The van der Waals surface area contributed by atoms with Gasteiger partial charge < -0.3 is 0 Å². The Morgan fingerprint density at radius 2 is 0.481 bits per heavy atom. The normalized spacial score (nSPS) is 9.84. The third-order valence-electron chi connectivity index (χ3n) is 9.61. The molecule has 0 atom stereocenters. The van der Waals surface area contributed by atoms with Gasteiger partial charge in [0.25, 0.3) is 0 Å². The fourth-order valence-corrected chi connectivity index (χ4v) is 6.36. The fraction of sp³-hybridized carbons (Fsp3) is 0.0625. The molecule has 0 radical (unpaired) electrons. The third kappa shape index (κ3) is 9.62. The highest BCUT2D eigenvalue weighted by molar-refractivity contribution is 6.18. The molecule has 29 heteroatoms. The Kier molecular flexibility index (Phi) is 17.9. The third-order valence-corrected chi connectivity index (χ3v) is 9.61. The molecule has 0 amide bonds. The van der Waals surface area contributed by atoms with Crippen LogP contribution in [0.5, 0.6) is 0 Å². The molecule has 0 aliphatic rings. The van der Waals surface area contributed by atoms with E-state index in [1.807, 2.05) is 0 Å². The molecule has 4 aromatic carbocycles. The molecule has 3 heterocycles. The summed E-state index contributed by atoms with van der Waals surface area (Å²) < 4.78 is 140. The lowest BCUT2D eigenvalue weighted by Gasteiger charge is -2.09. The number of aromatic nitrogens is 6. The highest BCUT2D eigenvalue weighted by Crippen LogP contribution is 2.31. The summed E-state index contributed by atoms with van der Waals surface area (Å²) in [5, 5.41) is 107. The summed E-state index contributed by atoms with van der Waals surface area (Å²) in [5.41, 5.74) is -6.21. The maximum Gasteiger partial charge on any atom is 0.177 e. The molecule has 3 aromatic heterocycles. The molecule has 0 unspecified atom stereocenters. The van der Waals surface area contributed by atoms with Crippen molar-refractivity contribution in [2.45, 2.75) is 21.8 Å². The van der Waals surface area contributed by atoms with E-state index in [0.717, 1.165) is 43.3 Å². The van der Waals surface area contributed by atoms with Crippen molar-refractivity contribution in [3.05, 3.63) is 113 Å². The lowest BCUT2D eigenvalue weighted by Crippen LogP contribution is -2.31. The number of nitriles is 13. The Morgan fingerprint density at radius 3 is 0.675 bits per heavy atom. The van der Waals surface area contributed by atoms with E-state index in [1.165, 1.54) is 6.07 Å². The second-order valence-electron chi connectivity index (χ2n) is 13.4. The van der Waals surface area contributed by atoms with Gasteiger partial charge in [-0.25, -0.2) is 73.8 Å². The Balaban J connectivity index is 0.000000590. The predicted molar refractivity (Wildman–Crippen MR) is 239 cm³/mol. The molecule has 19 nitrogen and oxygen atoms in total. The van der Waals surface area contributed by atoms with Crippen molar-refractivity contribution < 1.29 is 46.8 Å². The molecule has 0 saturated heterocycles. The summed E-state index contributed by atoms with van der Waals surface area (Å²) in [6, 6.07) is 18.3. The molecular formula is C48H15F10N19. The molecule has 0 fully saturated rings. The average molecular weight is 1050 g/mol. The largest absolute Gasteiger partial charge is 0.230 e. The SMILES string of the molecule is C.C.CC(C#N)=c1c(F)c(F)c2c(F)c(=C(C#N)C#N)c(F)c(F)c2c1F.N#CC(C#N)=c1c(F)c(F)c(=C(C#N)C#N)c(F)c1F.N#Cc1nc2c3nc(C#N)c(C#N)nc3c3nc(C#N)c(C#N)nc3c2nc1C#N.[2HH].[HH]. The minimum absolute atomic E-state index is 0. The Bertz CT molecular complexity index is 4230. The van der Waals surface area contributed by atoms with E-state index < -0.39 is 112 Å². The van der Waals surface area contributed by atoms with E-state index in [9.17, 15) is 75.5 Å². The molecule has 372 valence electrons. The summed E-state index contributed by atoms with van der Waals surface area (Å²) >= 11 is 0. The first-order valence-electron chi connectivity index (χ1n) is 18.7. The van der Waals surface area contributed by atoms with Gasteiger partial charge in [0, 0.05) is 8.43 Å². The van der Waals surface area contributed by atoms with Crippen LogP contribution in [0.2, 0.25) is 0 Å². The summed E-state index contributed by atoms with van der Waals surface area (Å²) in [6.45, 7) is 0.892. The number of rotatable bonds is 0. The van der Waals surface area contributed by atoms with Gasteiger partial charge >= 0.3 is 0 Å². The highest BCUT2D eigenvalue weighted by atomic mass is 19.2. The first kappa shape index (κ1) is 58.6. The van der Waals surface area contributed by atoms with Crippen LogP contribution in [0.25, 0.3) is 66.2 Å². The van der Waals surface area contributed by atoms with Gasteiger partial charge in [0.05, 0.1) is 37.7 Å². The van der Waals surface area contributed by atoms with Gasteiger partial charge in [0.15, 0.2) is 80.7 Å². The summed E-state index contributed by atoms with van der Waals surface area (Å²) in [7, 11) is 0. The van der Waals surface area contributed by atoms with Gasteiger partial charge in [-0.15, -0.1) is 0 Å². The molecule has 7 rings (SSSR count). The van der Waals surface area contributed by atoms with Crippen molar-refractivity contribution in [1.29, 1.82) is 68.4 Å². The summed E-state index contributed by atoms with van der Waals surface area (Å²) in [4.78, 5) is 24.7. The minimum atomic E-state index is -2.13. The zero-order valence-corrected chi connectivity index (χ0v) is 35.8. The van der Waals surface area contributed by atoms with Crippen molar-refractivity contribution in [2.75, 3.05) is 0 Å². The molecule has 7 aromatic rings. The standard InChI is InChI=1S/C18N12.C16H3F6N3.C12F4N4.2CH4.2H2/c19-1-7-8(2-20)26-14-13(25-7)15-17(29-10(4-22)9(3-21)27-15)18-16(14)28-11(5-23)12(6-24)30-18;1-5(2-23)7-11(17)9-10(15(21)13(7)19)12(18)8(6(3-24)4-25)14(20)16(9)22;13-9-7(5(1-17)2-18)10(14)12(16)8(11(9)15)6(3-19)4-20;;;;/h;1H3;;2*1H4;2*1H/i;;;;;1+1;. The molecule has 0 aliphatic heterocycles. The van der Waals surface area contributed by atoms with Crippen molar-refractivity contribution in [1.82, 2.24) is 29.9 Å². The maximum absolute atomic E-state index is 14.4. The molecule has 0 bridgehead atoms. The number of fused-ring (bicyclic) bond motifs is 7. The van der Waals surface area contributed by atoms with Gasteiger partial charge in [-0.1, -0.05) is 14.9 Å². The van der Waals surface area contributed by atoms with Gasteiger partial charge in [-0.05, 0) is 6.92 Å². The quantitative estimate of drug-likeness (QED) is 0.0995. The second kappa shape index (κ2) is 23.5. The first-order chi connectivity index (χ1) is 35.7. The smallest absolute Gasteiger partial charge is 0.177 e. The topological polar surface area (TPSA) is 387 Å². The van der Waals surface area contributed by atoms with Gasteiger partial charge in [-0.2, -0.15) is 68.4 Å². The van der Waals surface area contributed by atoms with Crippen LogP contribution in [0.1, 0.15) is 58.8 Å². The van der Waals surface area contributed by atoms with Crippen LogP contribution in [0.4, 0.5) is 43.9 Å². The van der Waals surface area contributed by atoms with Gasteiger partial charge in [0.1, 0.15) is 134 Å². The Labute approximate surface area is 424 Å². The minimum Gasteiger partial charge on any atom is -0.230 e. The predicted octanol–water partition coefficient (Wildman–Crippen LogP) is 5.72. The number of halogens is 10. The van der Waals surface area contributed by atoms with Crippen LogP contribution in [0, 0.1) is 205 Å².